The van der Waals surface area contributed by atoms with Gasteiger partial charge in [-0.15, -0.1) is 0 Å². The van der Waals surface area contributed by atoms with E-state index in [0.29, 0.717) is 32.5 Å². The molecule has 20 rings (SSSR count). The van der Waals surface area contributed by atoms with E-state index in [9.17, 15) is 5.48 Å². The maximum absolute atomic E-state index is 9.58. The first-order valence-electron chi connectivity index (χ1n) is 46.3. The molecule has 0 amide bonds. The molecule has 0 fully saturated rings. The number of rotatable bonds is 18. The largest absolute Gasteiger partial charge is 0.340 e. The van der Waals surface area contributed by atoms with Crippen LogP contribution in [0.2, 0.25) is 0 Å². The molecule has 6 heteroatoms. The van der Waals surface area contributed by atoms with E-state index in [-0.39, 0.29) is 75.5 Å². The molecule has 2 aliphatic rings. The van der Waals surface area contributed by atoms with Crippen molar-refractivity contribution in [3.63, 3.8) is 0 Å². The highest BCUT2D eigenvalue weighted by Crippen LogP contribution is 2.48. The maximum atomic E-state index is 9.58. The molecule has 0 saturated heterocycles. The topological polar surface area (TPSA) is 19.6 Å². The summed E-state index contributed by atoms with van der Waals surface area (Å²) in [5.41, 5.74) is 32.4. The standard InChI is InChI=1S/C114H100BN5/c1-112(2,3)88-68-87(69-89(71-88)113(4,5)6)84-53-56-102-108(70-84)118(75-79-62-85(80-34-16-10-17-35-80)67-86(63-79)81-36-18-11-19-37-81)109-65-78(59-61-117-105-51-33-30-48-96(105)99-74-93(54-57-106(99)117)120(91-42-24-14-25-43-91)92-44-26-15-27-45-92)66-110-111(109)115(102)101-55-52-77(58-60-116-103-49-31-28-46-94(103)95-47-29-32-50-104(95)116)64-107(101)119(110)76-100-97(82-38-20-12-21-39-82)72-90(114(7,8)9)73-98(100)83-40-22-13-23-41-83/h10-57,62-74H,58-61,75-76H2,1-9H3/i28D,29D,31D,32D,46D,47D,49D,50D. The summed E-state index contributed by atoms with van der Waals surface area (Å²) in [6, 6.07) is 116. The highest BCUT2D eigenvalue weighted by Gasteiger charge is 2.44. The lowest BCUT2D eigenvalue weighted by atomic mass is 9.33. The van der Waals surface area contributed by atoms with E-state index in [1.165, 1.54) is 32.9 Å². The Kier molecular flexibility index (Phi) is 16.9. The third kappa shape index (κ3) is 14.1. The van der Waals surface area contributed by atoms with Crippen LogP contribution in [0.25, 0.3) is 99.2 Å². The van der Waals surface area contributed by atoms with Crippen molar-refractivity contribution in [3.05, 3.63) is 409 Å². The number of aryl methyl sites for hydroxylation is 4. The Morgan fingerprint density at radius 1 is 0.292 bits per heavy atom. The molecule has 16 aromatic carbocycles. The van der Waals surface area contributed by atoms with Gasteiger partial charge in [-0.3, -0.25) is 0 Å². The van der Waals surface area contributed by atoms with Crippen molar-refractivity contribution >= 4 is 107 Å². The van der Waals surface area contributed by atoms with Crippen LogP contribution in [0.1, 0.15) is 112 Å². The molecule has 18 aromatic rings. The lowest BCUT2D eigenvalue weighted by Crippen LogP contribution is -2.62. The second kappa shape index (κ2) is 30.5. The smallest absolute Gasteiger partial charge is 0.252 e. The van der Waals surface area contributed by atoms with Gasteiger partial charge in [0.25, 0.3) is 6.71 Å². The molecule has 0 atom stereocenters. The lowest BCUT2D eigenvalue weighted by molar-refractivity contribution is 0.569. The van der Waals surface area contributed by atoms with E-state index in [1.54, 1.807) is 4.57 Å². The summed E-state index contributed by atoms with van der Waals surface area (Å²) in [6.07, 6.45) is 0.961. The number of nitrogens with zero attached hydrogens (tertiary/aromatic N) is 5. The third-order valence-electron chi connectivity index (χ3n) is 25.0. The number of benzene rings is 16. The predicted octanol–water partition coefficient (Wildman–Crippen LogP) is 27.9. The minimum Gasteiger partial charge on any atom is -0.340 e. The summed E-state index contributed by atoms with van der Waals surface area (Å²) in [4.78, 5) is 7.63. The predicted molar refractivity (Wildman–Crippen MR) is 513 cm³/mol. The Morgan fingerprint density at radius 2 is 0.725 bits per heavy atom. The van der Waals surface area contributed by atoms with Crippen molar-refractivity contribution < 1.29 is 11.0 Å². The SMILES string of the molecule is [2H]c1c([2H])c([2H])c2c(c1[2H])c1c([2H])c([2H])c([2H])c([2H])c1n2CCc1ccc2c(c1)N(Cc1c(-c3ccccc3)cc(C(C)(C)C)cc1-c1ccccc1)c1cc(CCn3c4ccccc4c4cc(N(c5ccccc5)c5ccccc5)ccc43)cc3c1B2c1ccc(-c2cc(C(C)(C)C)cc(C(C)(C)C)c2)cc1N3Cc1cc(-c2ccccc2)cc(-c2ccccc2)c1. The van der Waals surface area contributed by atoms with Gasteiger partial charge in [0.05, 0.1) is 11.0 Å². The van der Waals surface area contributed by atoms with Crippen molar-refractivity contribution in [2.24, 2.45) is 0 Å². The molecule has 120 heavy (non-hydrogen) atoms. The lowest BCUT2D eigenvalue weighted by Gasteiger charge is -2.45. The van der Waals surface area contributed by atoms with Crippen LogP contribution in [0.5, 0.6) is 0 Å². The number of aromatic nitrogens is 2. The Hall–Kier alpha value is -13.4. The molecule has 2 aliphatic heterocycles. The summed E-state index contributed by atoms with van der Waals surface area (Å²) < 4.78 is 78.2. The van der Waals surface area contributed by atoms with Gasteiger partial charge in [0, 0.05) is 110 Å². The van der Waals surface area contributed by atoms with Crippen molar-refractivity contribution in [3.8, 4) is 55.6 Å². The normalized spacial score (nSPS) is 13.6. The van der Waals surface area contributed by atoms with E-state index < -0.39 is 24.2 Å². The van der Waals surface area contributed by atoms with E-state index in [1.807, 2.05) is 0 Å². The fourth-order valence-electron chi connectivity index (χ4n) is 18.7. The first kappa shape index (κ1) is 66.6. The van der Waals surface area contributed by atoms with Gasteiger partial charge in [-0.1, -0.05) is 329 Å². The Morgan fingerprint density at radius 3 is 1.27 bits per heavy atom. The number of para-hydroxylation sites is 5. The number of anilines is 7. The van der Waals surface area contributed by atoms with E-state index in [0.717, 1.165) is 140 Å². The molecule has 0 aliphatic carbocycles. The zero-order chi connectivity index (χ0) is 88.5. The Balaban J connectivity index is 0.859. The summed E-state index contributed by atoms with van der Waals surface area (Å²) >= 11 is 0. The average Bonchev–Trinajstić information content (AvgIpc) is 0.938. The number of fused-ring (bicyclic) bond motifs is 10. The first-order chi connectivity index (χ1) is 61.7. The second-order valence-corrected chi connectivity index (χ2v) is 35.8. The van der Waals surface area contributed by atoms with Gasteiger partial charge in [0.2, 0.25) is 0 Å². The van der Waals surface area contributed by atoms with Crippen LogP contribution in [0, 0.1) is 0 Å². The fourth-order valence-corrected chi connectivity index (χ4v) is 18.7. The average molecular weight is 1560 g/mol. The van der Waals surface area contributed by atoms with E-state index in [2.05, 4.69) is 403 Å². The van der Waals surface area contributed by atoms with Crippen LogP contribution >= 0.6 is 0 Å². The van der Waals surface area contributed by atoms with Gasteiger partial charge in [-0.2, -0.15) is 0 Å². The second-order valence-electron chi connectivity index (χ2n) is 35.8. The monoisotopic (exact) mass is 1560 g/mol. The summed E-state index contributed by atoms with van der Waals surface area (Å²) in [7, 11) is 0. The maximum Gasteiger partial charge on any atom is 0.252 e. The van der Waals surface area contributed by atoms with Gasteiger partial charge in [-0.05, 0) is 243 Å². The van der Waals surface area contributed by atoms with Gasteiger partial charge in [0.1, 0.15) is 0 Å². The van der Waals surface area contributed by atoms with Gasteiger partial charge >= 0.3 is 0 Å². The molecule has 0 saturated carbocycles. The Labute approximate surface area is 719 Å². The third-order valence-corrected chi connectivity index (χ3v) is 25.0. The zero-order valence-corrected chi connectivity index (χ0v) is 69.7. The van der Waals surface area contributed by atoms with Crippen LogP contribution < -0.4 is 31.1 Å². The molecule has 584 valence electrons. The van der Waals surface area contributed by atoms with Gasteiger partial charge < -0.3 is 23.8 Å². The molecule has 0 bridgehead atoms. The highest BCUT2D eigenvalue weighted by atomic mass is 15.2. The van der Waals surface area contributed by atoms with Crippen LogP contribution in [0.15, 0.2) is 370 Å². The summed E-state index contributed by atoms with van der Waals surface area (Å²) in [5, 5.41) is 2.49. The van der Waals surface area contributed by atoms with Crippen molar-refractivity contribution in [1.29, 1.82) is 0 Å². The summed E-state index contributed by atoms with van der Waals surface area (Å²) in [5.74, 6) is 0. The molecular formula is C114H100BN5. The van der Waals surface area contributed by atoms with Crippen LogP contribution in [0.4, 0.5) is 39.8 Å². The van der Waals surface area contributed by atoms with Crippen LogP contribution in [-0.2, 0) is 55.3 Å². The number of hydrogen-bond donors (Lipinski definition) is 0. The quantitative estimate of drug-likeness (QED) is 0.0799. The molecule has 0 radical (unpaired) electrons. The number of hydrogen-bond acceptors (Lipinski definition) is 3. The van der Waals surface area contributed by atoms with E-state index in [4.69, 9.17) is 5.48 Å². The molecule has 0 unspecified atom stereocenters. The molecule has 2 aromatic heterocycles. The van der Waals surface area contributed by atoms with Crippen LogP contribution in [0.3, 0.4) is 0 Å². The Bertz CT molecular complexity index is 7150. The van der Waals surface area contributed by atoms with Gasteiger partial charge in [-0.25, -0.2) is 0 Å². The highest BCUT2D eigenvalue weighted by molar-refractivity contribution is 7.00. The van der Waals surface area contributed by atoms with Crippen LogP contribution in [-0.4, -0.2) is 15.8 Å². The fraction of sp³-hybridized carbons (Fsp3) is 0.158. The molecular weight excluding hydrogens is 1450 g/mol. The van der Waals surface area contributed by atoms with E-state index >= 15 is 0 Å². The van der Waals surface area contributed by atoms with Crippen molar-refractivity contribution in [2.75, 3.05) is 14.7 Å². The van der Waals surface area contributed by atoms with Crippen molar-refractivity contribution in [1.82, 2.24) is 9.13 Å². The minimum absolute atomic E-state index is 0.0744. The van der Waals surface area contributed by atoms with Gasteiger partial charge in [0.15, 0.2) is 0 Å². The molecule has 0 N–H and O–H groups in total. The first-order valence-corrected chi connectivity index (χ1v) is 42.3. The molecule has 0 spiro atoms. The zero-order valence-electron chi connectivity index (χ0n) is 77.7. The molecule has 4 heterocycles. The molecule has 5 nitrogen and oxygen atoms in total. The van der Waals surface area contributed by atoms with Crippen molar-refractivity contribution in [2.45, 2.75) is 118 Å². The summed E-state index contributed by atoms with van der Waals surface area (Å²) in [6.45, 7) is 22.1. The minimum atomic E-state index is -0.465.